The molecular weight excluding hydrogens is 982 g/mol. The summed E-state index contributed by atoms with van der Waals surface area (Å²) in [5, 5.41) is 0. The standard InChI is InChI=1S/2C21H25.2C5H5.2C2H7Si.2ClH.2Zr/c2*1-20(2,3)16-9-7-14-11-15-8-10-17(21(4,5)6)13-19(15)18(14)12-16;2*1-2-4-5-3-1;2*1-3-2;;;;/h2*7,9-10,12-13H,11H2,1-6H3;2*1-3H,4H2;2*3H,1-2H3;2*1H;;/q4*-1;;;;;2*+3/p-2. The van der Waals surface area contributed by atoms with E-state index in [4.69, 9.17) is 0 Å². The molecule has 4 aromatic carbocycles. The van der Waals surface area contributed by atoms with Gasteiger partial charge in [-0.1, -0.05) is 179 Å². The van der Waals surface area contributed by atoms with Gasteiger partial charge < -0.3 is 24.8 Å². The summed E-state index contributed by atoms with van der Waals surface area (Å²) in [7, 11) is 1.50. The Morgan fingerprint density at radius 2 is 0.726 bits per heavy atom. The van der Waals surface area contributed by atoms with Crippen LogP contribution in [0.15, 0.2) is 97.1 Å². The monoisotopic (exact) mass is 1050 g/mol. The normalized spacial score (nSPS) is 12.9. The molecule has 0 unspecified atom stereocenters. The van der Waals surface area contributed by atoms with Gasteiger partial charge in [-0.25, -0.2) is 24.3 Å². The molecule has 4 aliphatic carbocycles. The first-order chi connectivity index (χ1) is 27.1. The van der Waals surface area contributed by atoms with E-state index >= 15 is 0 Å². The van der Waals surface area contributed by atoms with Crippen LogP contribution in [0.3, 0.4) is 0 Å². The van der Waals surface area contributed by atoms with Crippen LogP contribution in [-0.4, -0.2) is 19.0 Å². The van der Waals surface area contributed by atoms with Crippen LogP contribution in [-0.2, 0) is 86.9 Å². The maximum Gasteiger partial charge on any atom is 3.00 e. The summed E-state index contributed by atoms with van der Waals surface area (Å²) in [5.41, 5.74) is 17.5. The van der Waals surface area contributed by atoms with E-state index in [1.165, 1.54) is 66.8 Å². The largest absolute Gasteiger partial charge is 3.00 e. The van der Waals surface area contributed by atoms with Crippen molar-refractivity contribution in [2.24, 2.45) is 0 Å². The van der Waals surface area contributed by atoms with Crippen molar-refractivity contribution in [1.82, 2.24) is 0 Å². The third kappa shape index (κ3) is 19.2. The van der Waals surface area contributed by atoms with Crippen molar-refractivity contribution < 1.29 is 77.2 Å². The Labute approximate surface area is 436 Å². The molecule has 8 rings (SSSR count). The average molecular weight is 1060 g/mol. The van der Waals surface area contributed by atoms with E-state index < -0.39 is 0 Å². The van der Waals surface area contributed by atoms with Crippen LogP contribution in [0, 0.1) is 24.3 Å². The first kappa shape index (κ1) is 62.7. The zero-order valence-corrected chi connectivity index (χ0v) is 49.7. The van der Waals surface area contributed by atoms with Crippen LogP contribution in [0.1, 0.15) is 140 Å². The Hall–Kier alpha value is -1.38. The quantitative estimate of drug-likeness (QED) is 0.105. The molecule has 0 aliphatic heterocycles. The Bertz CT molecular complexity index is 1770. The molecule has 0 N–H and O–H groups in total. The summed E-state index contributed by atoms with van der Waals surface area (Å²) in [5.74, 6) is 0. The number of hydrogen-bond donors (Lipinski definition) is 0. The van der Waals surface area contributed by atoms with Gasteiger partial charge in [0.2, 0.25) is 0 Å². The Kier molecular flexibility index (Phi) is 28.9. The minimum atomic E-state index is 0. The molecule has 0 aromatic heterocycles. The van der Waals surface area contributed by atoms with E-state index in [1.54, 1.807) is 0 Å². The molecule has 6 heteroatoms. The summed E-state index contributed by atoms with van der Waals surface area (Å²) in [6, 6.07) is 30.1. The van der Waals surface area contributed by atoms with Gasteiger partial charge in [0.1, 0.15) is 0 Å². The van der Waals surface area contributed by atoms with Crippen molar-refractivity contribution in [3.63, 3.8) is 0 Å². The average Bonchev–Trinajstić information content (AvgIpc) is 3.98. The van der Waals surface area contributed by atoms with Crippen LogP contribution < -0.4 is 24.8 Å². The van der Waals surface area contributed by atoms with Gasteiger partial charge in [0.15, 0.2) is 0 Å². The zero-order valence-electron chi connectivity index (χ0n) is 41.0. The van der Waals surface area contributed by atoms with Crippen molar-refractivity contribution in [2.45, 2.75) is 157 Å². The summed E-state index contributed by atoms with van der Waals surface area (Å²) in [6.45, 7) is 36.1. The van der Waals surface area contributed by atoms with E-state index in [1.807, 2.05) is 24.3 Å². The third-order valence-electron chi connectivity index (χ3n) is 10.2. The van der Waals surface area contributed by atoms with Crippen molar-refractivity contribution in [3.05, 3.63) is 166 Å². The smallest absolute Gasteiger partial charge is 1.00 e. The van der Waals surface area contributed by atoms with Crippen molar-refractivity contribution in [3.8, 4) is 22.3 Å². The van der Waals surface area contributed by atoms with Gasteiger partial charge in [0, 0.05) is 19.0 Å². The molecule has 0 heterocycles. The second-order valence-electron chi connectivity index (χ2n) is 19.8. The predicted octanol–water partition coefficient (Wildman–Crippen LogP) is 8.96. The van der Waals surface area contributed by atoms with Gasteiger partial charge >= 0.3 is 52.4 Å². The molecule has 328 valence electrons. The van der Waals surface area contributed by atoms with Crippen molar-refractivity contribution >= 4 is 19.0 Å². The Morgan fingerprint density at radius 3 is 0.952 bits per heavy atom. The van der Waals surface area contributed by atoms with Crippen molar-refractivity contribution in [1.29, 1.82) is 0 Å². The first-order valence-electron chi connectivity index (χ1n) is 21.4. The molecule has 4 aliphatic rings. The van der Waals surface area contributed by atoms with Crippen LogP contribution in [0.25, 0.3) is 22.3 Å². The fourth-order valence-corrected chi connectivity index (χ4v) is 6.65. The molecule has 0 bridgehead atoms. The number of benzene rings is 4. The van der Waals surface area contributed by atoms with Gasteiger partial charge in [-0.3, -0.25) is 12.2 Å². The third-order valence-corrected chi connectivity index (χ3v) is 10.2. The van der Waals surface area contributed by atoms with E-state index in [0.717, 1.165) is 44.7 Å². The summed E-state index contributed by atoms with van der Waals surface area (Å²) >= 11 is 0. The molecular formula is C56H74Cl2Si2Zr2. The number of allylic oxidation sites excluding steroid dienone is 8. The SMILES string of the molecule is CC(C)(C)c1c[c-]c2c(c1)-c1cc(C(C)(C)C)ccc1C2.CC(C)(C)c1c[c-]c2c(c1)-c1cc(C(C)(C)C)ccc1C2.C[SiH]C.C[SiH]C.[C-]1=CC=CC1.[C-]1=CC=CC1.[Cl-].[Cl-].[Zr+3].[Zr+3]. The second kappa shape index (κ2) is 28.6. The Balaban J connectivity index is 0. The van der Waals surface area contributed by atoms with E-state index in [2.05, 4.69) is 206 Å². The minimum Gasteiger partial charge on any atom is -1.00 e. The molecule has 0 saturated carbocycles. The summed E-state index contributed by atoms with van der Waals surface area (Å²) in [4.78, 5) is 0. The fraction of sp³-hybridized carbons (Fsp3) is 0.429. The molecule has 0 amide bonds. The second-order valence-corrected chi connectivity index (χ2v) is 22.1. The van der Waals surface area contributed by atoms with Gasteiger partial charge in [0.25, 0.3) is 0 Å². The number of fused-ring (bicyclic) bond motifs is 6. The van der Waals surface area contributed by atoms with Gasteiger partial charge in [-0.05, 0) is 34.8 Å². The number of rotatable bonds is 0. The molecule has 0 saturated heterocycles. The molecule has 4 radical (unpaired) electrons. The molecule has 0 spiro atoms. The Morgan fingerprint density at radius 1 is 0.435 bits per heavy atom. The molecule has 0 fully saturated rings. The summed E-state index contributed by atoms with van der Waals surface area (Å²) in [6.07, 6.45) is 22.1. The van der Waals surface area contributed by atoms with Crippen LogP contribution in [0.2, 0.25) is 26.2 Å². The van der Waals surface area contributed by atoms with Gasteiger partial charge in [-0.2, -0.15) is 70.8 Å². The van der Waals surface area contributed by atoms with E-state index in [-0.39, 0.29) is 98.9 Å². The zero-order chi connectivity index (χ0) is 43.3. The van der Waals surface area contributed by atoms with Crippen LogP contribution in [0.4, 0.5) is 0 Å². The maximum atomic E-state index is 3.53. The molecule has 0 atom stereocenters. The molecule has 0 nitrogen and oxygen atoms in total. The van der Waals surface area contributed by atoms with Crippen LogP contribution in [0.5, 0.6) is 0 Å². The number of halogens is 2. The van der Waals surface area contributed by atoms with Crippen LogP contribution >= 0.6 is 0 Å². The predicted molar refractivity (Wildman–Crippen MR) is 263 cm³/mol. The molecule has 4 aromatic rings. The topological polar surface area (TPSA) is 0 Å². The van der Waals surface area contributed by atoms with E-state index in [0.29, 0.717) is 0 Å². The van der Waals surface area contributed by atoms with Gasteiger partial charge in [0.05, 0.1) is 0 Å². The molecule has 62 heavy (non-hydrogen) atoms. The van der Waals surface area contributed by atoms with Gasteiger partial charge in [-0.15, -0.1) is 24.0 Å². The summed E-state index contributed by atoms with van der Waals surface area (Å²) < 4.78 is 0. The fourth-order valence-electron chi connectivity index (χ4n) is 6.65. The number of hydrogen-bond acceptors (Lipinski definition) is 0. The minimum absolute atomic E-state index is 0. The van der Waals surface area contributed by atoms with E-state index in [9.17, 15) is 0 Å². The first-order valence-corrected chi connectivity index (χ1v) is 26.1. The van der Waals surface area contributed by atoms with Crippen molar-refractivity contribution in [2.75, 3.05) is 0 Å². The maximum absolute atomic E-state index is 3.53.